The van der Waals surface area contributed by atoms with Gasteiger partial charge in [-0.05, 0) is 67.6 Å². The molecule has 6 aliphatic rings. The van der Waals surface area contributed by atoms with E-state index in [9.17, 15) is 5.11 Å². The molecular formula is C25H38O5. The van der Waals surface area contributed by atoms with Gasteiger partial charge in [-0.25, -0.2) is 0 Å². The van der Waals surface area contributed by atoms with Crippen LogP contribution in [0.5, 0.6) is 0 Å². The Morgan fingerprint density at radius 1 is 0.933 bits per heavy atom. The third-order valence-electron chi connectivity index (χ3n) is 10.3. The summed E-state index contributed by atoms with van der Waals surface area (Å²) >= 11 is 0. The van der Waals surface area contributed by atoms with Crippen molar-refractivity contribution in [3.8, 4) is 0 Å². The van der Waals surface area contributed by atoms with Gasteiger partial charge in [0.1, 0.15) is 0 Å². The first-order chi connectivity index (χ1) is 14.3. The van der Waals surface area contributed by atoms with E-state index in [1.807, 2.05) is 0 Å². The third kappa shape index (κ3) is 2.59. The molecule has 7 atom stereocenters. The average Bonchev–Trinajstić information content (AvgIpc) is 3.41. The van der Waals surface area contributed by atoms with Gasteiger partial charge in [-0.2, -0.15) is 0 Å². The van der Waals surface area contributed by atoms with Crippen molar-refractivity contribution in [1.29, 1.82) is 0 Å². The van der Waals surface area contributed by atoms with Crippen molar-refractivity contribution in [2.24, 2.45) is 34.5 Å². The summed E-state index contributed by atoms with van der Waals surface area (Å²) in [5.41, 5.74) is 1.62. The molecule has 0 aromatic carbocycles. The van der Waals surface area contributed by atoms with Gasteiger partial charge in [-0.15, -0.1) is 0 Å². The average molecular weight is 419 g/mol. The summed E-state index contributed by atoms with van der Waals surface area (Å²) in [5.74, 6) is 1.00. The summed E-state index contributed by atoms with van der Waals surface area (Å²) in [6, 6.07) is 0. The Bertz CT molecular complexity index is 736. The molecule has 1 spiro atoms. The maximum absolute atomic E-state index is 11.7. The molecule has 0 bridgehead atoms. The maximum Gasteiger partial charge on any atom is 0.172 e. The molecule has 0 aromatic heterocycles. The van der Waals surface area contributed by atoms with Crippen molar-refractivity contribution in [2.45, 2.75) is 83.4 Å². The molecule has 5 fully saturated rings. The standard InChI is InChI=1S/C25H38O5/c1-22-8-9-25(29-12-13-30-25)14-16(22)4-5-17-18-6-7-20(24(3)27-10-11-28-24)23(18,2)15-19(26)21(17)22/h4,17-21,26H,5-15H2,1-3H3. The number of aliphatic hydroxyl groups is 1. The summed E-state index contributed by atoms with van der Waals surface area (Å²) in [4.78, 5) is 0. The molecule has 2 heterocycles. The van der Waals surface area contributed by atoms with Crippen LogP contribution in [0.3, 0.4) is 0 Å². The molecule has 5 heteroatoms. The molecule has 0 radical (unpaired) electrons. The van der Waals surface area contributed by atoms with E-state index in [0.717, 1.165) is 38.5 Å². The highest BCUT2D eigenvalue weighted by atomic mass is 16.7. The van der Waals surface area contributed by atoms with Crippen molar-refractivity contribution in [1.82, 2.24) is 0 Å². The Morgan fingerprint density at radius 2 is 1.63 bits per heavy atom. The van der Waals surface area contributed by atoms with Crippen LogP contribution < -0.4 is 0 Å². The molecule has 0 amide bonds. The van der Waals surface area contributed by atoms with E-state index in [1.54, 1.807) is 0 Å². The normalized spacial score (nSPS) is 51.3. The Kier molecular flexibility index (Phi) is 4.40. The van der Waals surface area contributed by atoms with Crippen LogP contribution in [0.25, 0.3) is 0 Å². The van der Waals surface area contributed by atoms with E-state index < -0.39 is 11.6 Å². The molecule has 1 N–H and O–H groups in total. The largest absolute Gasteiger partial charge is 0.393 e. The Morgan fingerprint density at radius 3 is 2.37 bits per heavy atom. The Labute approximate surface area is 180 Å². The number of hydrogen-bond donors (Lipinski definition) is 1. The second kappa shape index (κ2) is 6.54. The van der Waals surface area contributed by atoms with Crippen molar-refractivity contribution in [2.75, 3.05) is 26.4 Å². The molecule has 5 nitrogen and oxygen atoms in total. The number of ether oxygens (including phenoxy) is 4. The predicted octanol–water partition coefficient (Wildman–Crippen LogP) is 4.04. The summed E-state index contributed by atoms with van der Waals surface area (Å²) in [5, 5.41) is 11.7. The van der Waals surface area contributed by atoms with E-state index in [4.69, 9.17) is 18.9 Å². The quantitative estimate of drug-likeness (QED) is 0.651. The molecule has 30 heavy (non-hydrogen) atoms. The minimum Gasteiger partial charge on any atom is -0.393 e. The summed E-state index contributed by atoms with van der Waals surface area (Å²) in [6.45, 7) is 9.78. The molecule has 7 unspecified atom stereocenters. The second-order valence-electron chi connectivity index (χ2n) is 11.6. The van der Waals surface area contributed by atoms with E-state index in [2.05, 4.69) is 26.8 Å². The number of aliphatic hydroxyl groups excluding tert-OH is 1. The highest BCUT2D eigenvalue weighted by Gasteiger charge is 2.65. The smallest absolute Gasteiger partial charge is 0.172 e. The second-order valence-corrected chi connectivity index (χ2v) is 11.6. The van der Waals surface area contributed by atoms with Crippen molar-refractivity contribution in [3.05, 3.63) is 11.6 Å². The monoisotopic (exact) mass is 418 g/mol. The van der Waals surface area contributed by atoms with Gasteiger partial charge in [-0.1, -0.05) is 25.5 Å². The van der Waals surface area contributed by atoms with Crippen LogP contribution in [0.1, 0.15) is 65.7 Å². The fourth-order valence-electron chi connectivity index (χ4n) is 9.07. The zero-order valence-corrected chi connectivity index (χ0v) is 18.8. The van der Waals surface area contributed by atoms with Gasteiger partial charge < -0.3 is 24.1 Å². The fourth-order valence-corrected chi connectivity index (χ4v) is 9.07. The molecule has 2 saturated heterocycles. The fraction of sp³-hybridized carbons (Fsp3) is 0.920. The van der Waals surface area contributed by atoms with Crippen LogP contribution in [0, 0.1) is 34.5 Å². The summed E-state index contributed by atoms with van der Waals surface area (Å²) in [6.07, 6.45) is 9.43. The van der Waals surface area contributed by atoms with Crippen molar-refractivity contribution in [3.63, 3.8) is 0 Å². The molecule has 2 aliphatic heterocycles. The number of rotatable bonds is 1. The lowest BCUT2D eigenvalue weighted by Gasteiger charge is -2.61. The van der Waals surface area contributed by atoms with Crippen molar-refractivity contribution >= 4 is 0 Å². The highest BCUT2D eigenvalue weighted by molar-refractivity contribution is 5.28. The van der Waals surface area contributed by atoms with Crippen LogP contribution in [0.4, 0.5) is 0 Å². The van der Waals surface area contributed by atoms with Crippen LogP contribution in [0.2, 0.25) is 0 Å². The minimum absolute atomic E-state index is 0.0621. The van der Waals surface area contributed by atoms with Crippen LogP contribution in [0.15, 0.2) is 11.6 Å². The zero-order chi connectivity index (χ0) is 20.8. The van der Waals surface area contributed by atoms with Crippen molar-refractivity contribution < 1.29 is 24.1 Å². The van der Waals surface area contributed by atoms with Gasteiger partial charge >= 0.3 is 0 Å². The molecule has 0 aromatic rings. The molecule has 168 valence electrons. The van der Waals surface area contributed by atoms with Crippen LogP contribution >= 0.6 is 0 Å². The lowest BCUT2D eigenvalue weighted by atomic mass is 9.46. The van der Waals surface area contributed by atoms with Gasteiger partial charge in [0.05, 0.1) is 32.5 Å². The summed E-state index contributed by atoms with van der Waals surface area (Å²) < 4.78 is 24.4. The zero-order valence-electron chi connectivity index (χ0n) is 18.8. The van der Waals surface area contributed by atoms with E-state index >= 15 is 0 Å². The number of fused-ring (bicyclic) bond motifs is 5. The first-order valence-corrected chi connectivity index (χ1v) is 12.2. The van der Waals surface area contributed by atoms with Gasteiger partial charge in [0.15, 0.2) is 11.6 Å². The lowest BCUT2D eigenvalue weighted by Crippen LogP contribution is -2.59. The maximum atomic E-state index is 11.7. The number of hydrogen-bond acceptors (Lipinski definition) is 5. The van der Waals surface area contributed by atoms with Crippen LogP contribution in [-0.4, -0.2) is 49.2 Å². The van der Waals surface area contributed by atoms with Gasteiger partial charge in [0, 0.05) is 18.8 Å². The first-order valence-electron chi connectivity index (χ1n) is 12.2. The minimum atomic E-state index is -0.482. The lowest BCUT2D eigenvalue weighted by molar-refractivity contribution is -0.227. The predicted molar refractivity (Wildman–Crippen MR) is 112 cm³/mol. The topological polar surface area (TPSA) is 57.2 Å². The molecular weight excluding hydrogens is 380 g/mol. The first kappa shape index (κ1) is 20.2. The molecule has 6 rings (SSSR count). The van der Waals surface area contributed by atoms with Gasteiger partial charge in [0.2, 0.25) is 0 Å². The van der Waals surface area contributed by atoms with E-state index in [1.165, 1.54) is 12.0 Å². The van der Waals surface area contributed by atoms with E-state index in [0.29, 0.717) is 50.1 Å². The SMILES string of the molecule is CC1(C2CCC3C4CC=C5CC6(CCC5(C)C4C(O)CC32C)OCCO6)OCCO1. The Balaban J connectivity index is 1.32. The van der Waals surface area contributed by atoms with E-state index in [-0.39, 0.29) is 16.9 Å². The molecule has 4 aliphatic carbocycles. The molecule has 3 saturated carbocycles. The summed E-state index contributed by atoms with van der Waals surface area (Å²) in [7, 11) is 0. The third-order valence-corrected chi connectivity index (χ3v) is 10.3. The van der Waals surface area contributed by atoms with Gasteiger partial charge in [0.25, 0.3) is 0 Å². The van der Waals surface area contributed by atoms with Crippen LogP contribution in [-0.2, 0) is 18.9 Å². The van der Waals surface area contributed by atoms with Gasteiger partial charge in [-0.3, -0.25) is 0 Å². The number of allylic oxidation sites excluding steroid dienone is 1. The highest BCUT2D eigenvalue weighted by Crippen LogP contribution is 2.68. The Hall–Kier alpha value is -0.460.